The van der Waals surface area contributed by atoms with Gasteiger partial charge in [-0.1, -0.05) is 0 Å². The van der Waals surface area contributed by atoms with Crippen molar-refractivity contribution < 1.29 is 58.7 Å². The molecule has 42 heavy (non-hydrogen) atoms. The Morgan fingerprint density at radius 1 is 0.452 bits per heavy atom. The lowest BCUT2D eigenvalue weighted by Gasteiger charge is -2.54. The Morgan fingerprint density at radius 2 is 0.619 bits per heavy atom. The first-order chi connectivity index (χ1) is 18.8. The van der Waals surface area contributed by atoms with Gasteiger partial charge in [0.05, 0.1) is 21.7 Å². The third kappa shape index (κ3) is 8.91. The Morgan fingerprint density at radius 3 is 0.738 bits per heavy atom. The zero-order valence-corrected chi connectivity index (χ0v) is 26.3. The van der Waals surface area contributed by atoms with E-state index >= 15 is 0 Å². The van der Waals surface area contributed by atoms with E-state index in [-0.39, 0.29) is 25.7 Å². The van der Waals surface area contributed by atoms with Gasteiger partial charge < -0.3 is 29.9 Å². The van der Waals surface area contributed by atoms with Gasteiger partial charge in [0.15, 0.2) is 0 Å². The molecule has 4 N–H and O–H groups in total. The van der Waals surface area contributed by atoms with E-state index < -0.39 is 93.4 Å². The van der Waals surface area contributed by atoms with E-state index in [1.54, 1.807) is 0 Å². The molecule has 1 saturated carbocycles. The molecule has 1 fully saturated rings. The molecule has 0 heterocycles. The number of hydrogen-bond acceptors (Lipinski definition) is 8. The maximum Gasteiger partial charge on any atom is 0.309 e. The van der Waals surface area contributed by atoms with Gasteiger partial charge in [-0.05, 0) is 81.1 Å². The van der Waals surface area contributed by atoms with E-state index in [9.17, 15) is 49.2 Å². The van der Waals surface area contributed by atoms with Crippen molar-refractivity contribution in [1.82, 2.24) is 0 Å². The number of carboxylic acid groups (broad SMARTS) is 4. The second-order valence-electron chi connectivity index (χ2n) is 14.4. The van der Waals surface area contributed by atoms with E-state index in [0.717, 1.165) is 13.8 Å². The quantitative estimate of drug-likeness (QED) is 0.206. The molecule has 0 radical (unpaired) electrons. The van der Waals surface area contributed by atoms with Gasteiger partial charge in [-0.15, -0.1) is 0 Å². The molecule has 0 saturated heterocycles. The molecule has 1 aliphatic rings. The predicted octanol–water partition coefficient (Wildman–Crippen LogP) is 4.33. The average Bonchev–Trinajstić information content (AvgIpc) is 2.79. The molecule has 0 aromatic carbocycles. The predicted molar refractivity (Wildman–Crippen MR) is 149 cm³/mol. The van der Waals surface area contributed by atoms with Crippen LogP contribution in [-0.4, -0.2) is 68.4 Å². The maximum absolute atomic E-state index is 12.5. The summed E-state index contributed by atoms with van der Waals surface area (Å²) < 4.78 is 11.7. The van der Waals surface area contributed by atoms with E-state index in [2.05, 4.69) is 0 Å². The van der Waals surface area contributed by atoms with Crippen LogP contribution in [0.4, 0.5) is 0 Å². The van der Waals surface area contributed by atoms with E-state index in [0.29, 0.717) is 0 Å². The van der Waals surface area contributed by atoms with E-state index in [1.165, 1.54) is 55.4 Å². The van der Waals surface area contributed by atoms with Crippen LogP contribution < -0.4 is 0 Å². The lowest BCUT2D eigenvalue weighted by Crippen LogP contribution is -2.59. The summed E-state index contributed by atoms with van der Waals surface area (Å²) in [5, 5.41) is 40.1. The topological polar surface area (TPSA) is 202 Å². The van der Waals surface area contributed by atoms with Crippen LogP contribution in [-0.2, 0) is 38.2 Å². The smallest absolute Gasteiger partial charge is 0.309 e. The molecular weight excluding hydrogens is 552 g/mol. The van der Waals surface area contributed by atoms with Crippen molar-refractivity contribution in [3.8, 4) is 0 Å². The summed E-state index contributed by atoms with van der Waals surface area (Å²) in [6, 6.07) is 0. The van der Waals surface area contributed by atoms with E-state index in [1.807, 2.05) is 0 Å². The number of hydrogen-bond donors (Lipinski definition) is 4. The monoisotopic (exact) mass is 600 g/mol. The molecule has 0 aliphatic heterocycles. The minimum Gasteiger partial charge on any atom is -0.481 e. The van der Waals surface area contributed by atoms with Crippen LogP contribution in [0.15, 0.2) is 0 Å². The summed E-state index contributed by atoms with van der Waals surface area (Å²) in [4.78, 5) is 74.2. The molecule has 0 amide bonds. The van der Waals surface area contributed by atoms with Crippen molar-refractivity contribution in [1.29, 1.82) is 0 Å². The standard InChI is InChI=1S/C30H48O12/c1-15(31)41-21-17(11-27(3,4)23(33)34)19(13-29(7,8)25(37)38)22(42-16(2)32)20(14-30(9,10)26(39)40)18(21)12-28(5,6)24(35)36/h17-22H,11-14H2,1-10H3,(H,33,34)(H,35,36)(H,37,38)(H,39,40)/t17-,18+,19-,20+,21?,22?. The van der Waals surface area contributed by atoms with Crippen LogP contribution in [0.25, 0.3) is 0 Å². The number of esters is 2. The summed E-state index contributed by atoms with van der Waals surface area (Å²) in [6.07, 6.45) is -2.77. The number of ether oxygens (including phenoxy) is 2. The highest BCUT2D eigenvalue weighted by molar-refractivity contribution is 5.75. The fourth-order valence-corrected chi connectivity index (χ4v) is 6.12. The van der Waals surface area contributed by atoms with Crippen molar-refractivity contribution in [3.63, 3.8) is 0 Å². The number of carboxylic acids is 4. The summed E-state index contributed by atoms with van der Waals surface area (Å²) in [7, 11) is 0. The molecule has 0 spiro atoms. The molecular formula is C30H48O12. The zero-order chi connectivity index (χ0) is 33.2. The molecule has 2 unspecified atom stereocenters. The highest BCUT2D eigenvalue weighted by Gasteiger charge is 2.58. The minimum atomic E-state index is -1.41. The van der Waals surface area contributed by atoms with Gasteiger partial charge in [0, 0.05) is 37.5 Å². The normalized spacial score (nSPS) is 25.3. The van der Waals surface area contributed by atoms with Crippen LogP contribution in [0.3, 0.4) is 0 Å². The fraction of sp³-hybridized carbons (Fsp3) is 0.800. The molecule has 1 rings (SSSR count). The van der Waals surface area contributed by atoms with Gasteiger partial charge in [0.2, 0.25) is 0 Å². The Hall–Kier alpha value is -3.18. The second-order valence-corrected chi connectivity index (χ2v) is 14.4. The largest absolute Gasteiger partial charge is 0.481 e. The van der Waals surface area contributed by atoms with Crippen LogP contribution >= 0.6 is 0 Å². The lowest BCUT2D eigenvalue weighted by atomic mass is 9.54. The minimum absolute atomic E-state index is 0.128. The molecule has 6 atom stereocenters. The van der Waals surface area contributed by atoms with Gasteiger partial charge in [-0.25, -0.2) is 0 Å². The molecule has 0 aromatic heterocycles. The summed E-state index contributed by atoms with van der Waals surface area (Å²) >= 11 is 0. The van der Waals surface area contributed by atoms with Crippen molar-refractivity contribution in [3.05, 3.63) is 0 Å². The molecule has 1 aliphatic carbocycles. The summed E-state index contributed by atoms with van der Waals surface area (Å²) in [6.45, 7) is 14.1. The highest BCUT2D eigenvalue weighted by Crippen LogP contribution is 2.54. The first-order valence-corrected chi connectivity index (χ1v) is 14.0. The third-order valence-electron chi connectivity index (χ3n) is 8.69. The van der Waals surface area contributed by atoms with Crippen LogP contribution in [0.2, 0.25) is 0 Å². The van der Waals surface area contributed by atoms with Crippen molar-refractivity contribution in [2.45, 2.75) is 107 Å². The van der Waals surface area contributed by atoms with E-state index in [4.69, 9.17) is 9.47 Å². The first kappa shape index (κ1) is 36.8. The number of rotatable bonds is 14. The van der Waals surface area contributed by atoms with Crippen LogP contribution in [0, 0.1) is 45.3 Å². The van der Waals surface area contributed by atoms with Crippen molar-refractivity contribution in [2.24, 2.45) is 45.3 Å². The van der Waals surface area contributed by atoms with Crippen LogP contribution in [0.5, 0.6) is 0 Å². The SMILES string of the molecule is CC(=O)OC1[C@@H](CC(C)(C)C(=O)O)[C@H](CC(C)(C)C(=O)O)C(OC(C)=O)[C@H](CC(C)(C)C(=O)O)[C@H]1CC(C)(C)C(=O)O. The molecule has 0 aromatic rings. The zero-order valence-electron chi connectivity index (χ0n) is 26.3. The van der Waals surface area contributed by atoms with Gasteiger partial charge in [0.25, 0.3) is 0 Å². The van der Waals surface area contributed by atoms with Gasteiger partial charge in [-0.3, -0.25) is 28.8 Å². The molecule has 240 valence electrons. The summed E-state index contributed by atoms with van der Waals surface area (Å²) in [5.74, 6) is -9.67. The van der Waals surface area contributed by atoms with Crippen molar-refractivity contribution >= 4 is 35.8 Å². The van der Waals surface area contributed by atoms with Gasteiger partial charge >= 0.3 is 35.8 Å². The van der Waals surface area contributed by atoms with Gasteiger partial charge in [0.1, 0.15) is 12.2 Å². The first-order valence-electron chi connectivity index (χ1n) is 14.0. The van der Waals surface area contributed by atoms with Crippen molar-refractivity contribution in [2.75, 3.05) is 0 Å². The van der Waals surface area contributed by atoms with Gasteiger partial charge in [-0.2, -0.15) is 0 Å². The number of carbonyl (C=O) groups excluding carboxylic acids is 2. The Kier molecular flexibility index (Phi) is 11.4. The third-order valence-corrected chi connectivity index (χ3v) is 8.69. The lowest BCUT2D eigenvalue weighted by molar-refractivity contribution is -0.202. The van der Waals surface area contributed by atoms with Crippen LogP contribution in [0.1, 0.15) is 94.9 Å². The Bertz CT molecular complexity index is 918. The molecule has 12 heteroatoms. The fourth-order valence-electron chi connectivity index (χ4n) is 6.12. The second kappa shape index (κ2) is 13.0. The number of aliphatic carboxylic acids is 4. The summed E-state index contributed by atoms with van der Waals surface area (Å²) in [5.41, 5.74) is -5.63. The average molecular weight is 601 g/mol. The maximum atomic E-state index is 12.5. The highest BCUT2D eigenvalue weighted by atomic mass is 16.6. The molecule has 0 bridgehead atoms. The number of carbonyl (C=O) groups is 6. The Labute approximate surface area is 247 Å². The molecule has 12 nitrogen and oxygen atoms in total. The Balaban J connectivity index is 4.20.